The standard InChI is InChI=1S/C34H34N2O2/c1-3-5-13-28-26(23-16-18-25(19-17-23)36-33(37)24-11-7-6-8-12-24)20-21-30-27-14-9-10-15-29(27)32(31(28)30)34(38)35-22-4-2/h6-12,14-21,32H,3-5,13,22H2,1-2H3,(H,35,38)(H,36,37). The maximum atomic E-state index is 13.5. The van der Waals surface area contributed by atoms with Crippen LogP contribution in [-0.2, 0) is 11.2 Å². The topological polar surface area (TPSA) is 58.2 Å². The average molecular weight is 503 g/mol. The highest BCUT2D eigenvalue weighted by Crippen LogP contribution is 2.49. The van der Waals surface area contributed by atoms with Gasteiger partial charge in [-0.2, -0.15) is 0 Å². The highest BCUT2D eigenvalue weighted by atomic mass is 16.2. The van der Waals surface area contributed by atoms with E-state index in [1.165, 1.54) is 11.1 Å². The summed E-state index contributed by atoms with van der Waals surface area (Å²) in [5.74, 6) is -0.353. The van der Waals surface area contributed by atoms with Crippen LogP contribution in [0.4, 0.5) is 5.69 Å². The Morgan fingerprint density at radius 2 is 1.45 bits per heavy atom. The van der Waals surface area contributed by atoms with Crippen molar-refractivity contribution in [2.75, 3.05) is 11.9 Å². The fourth-order valence-corrected chi connectivity index (χ4v) is 5.42. The van der Waals surface area contributed by atoms with E-state index in [0.29, 0.717) is 12.1 Å². The lowest BCUT2D eigenvalue weighted by molar-refractivity contribution is -0.121. The number of hydrogen-bond acceptors (Lipinski definition) is 2. The molecule has 4 aromatic rings. The molecule has 1 aliphatic rings. The molecule has 0 aliphatic heterocycles. The van der Waals surface area contributed by atoms with E-state index in [1.54, 1.807) is 12.1 Å². The number of unbranched alkanes of at least 4 members (excludes halogenated alkanes) is 1. The van der Waals surface area contributed by atoms with Crippen molar-refractivity contribution >= 4 is 17.5 Å². The third-order valence-electron chi connectivity index (χ3n) is 7.29. The van der Waals surface area contributed by atoms with Crippen LogP contribution >= 0.6 is 0 Å². The molecular weight excluding hydrogens is 468 g/mol. The van der Waals surface area contributed by atoms with Crippen LogP contribution in [0.2, 0.25) is 0 Å². The molecule has 2 N–H and O–H groups in total. The number of anilines is 1. The van der Waals surface area contributed by atoms with E-state index in [-0.39, 0.29) is 17.7 Å². The third-order valence-corrected chi connectivity index (χ3v) is 7.29. The van der Waals surface area contributed by atoms with Crippen LogP contribution in [0, 0.1) is 0 Å². The molecule has 0 heterocycles. The lowest BCUT2D eigenvalue weighted by atomic mass is 9.85. The van der Waals surface area contributed by atoms with Gasteiger partial charge in [-0.3, -0.25) is 9.59 Å². The Bertz CT molecular complexity index is 1440. The van der Waals surface area contributed by atoms with Gasteiger partial charge in [0.25, 0.3) is 5.91 Å². The van der Waals surface area contributed by atoms with Crippen molar-refractivity contribution in [3.63, 3.8) is 0 Å². The first-order valence-electron chi connectivity index (χ1n) is 13.6. The predicted molar refractivity (Wildman–Crippen MR) is 155 cm³/mol. The molecule has 4 heteroatoms. The van der Waals surface area contributed by atoms with Gasteiger partial charge in [-0.1, -0.05) is 87.0 Å². The summed E-state index contributed by atoms with van der Waals surface area (Å²) in [5, 5.41) is 6.15. The Kier molecular flexibility index (Phi) is 7.69. The summed E-state index contributed by atoms with van der Waals surface area (Å²) < 4.78 is 0. The Balaban J connectivity index is 1.53. The van der Waals surface area contributed by atoms with Crippen molar-refractivity contribution < 1.29 is 9.59 Å². The van der Waals surface area contributed by atoms with E-state index < -0.39 is 0 Å². The number of fused-ring (bicyclic) bond motifs is 3. The van der Waals surface area contributed by atoms with Crippen LogP contribution in [0.3, 0.4) is 0 Å². The van der Waals surface area contributed by atoms with Crippen molar-refractivity contribution in [2.24, 2.45) is 0 Å². The van der Waals surface area contributed by atoms with Gasteiger partial charge >= 0.3 is 0 Å². The van der Waals surface area contributed by atoms with Gasteiger partial charge in [-0.05, 0) is 82.5 Å². The number of benzene rings is 4. The minimum Gasteiger partial charge on any atom is -0.355 e. The number of amides is 2. The van der Waals surface area contributed by atoms with E-state index in [9.17, 15) is 9.59 Å². The quantitative estimate of drug-likeness (QED) is 0.248. The number of rotatable bonds is 9. The molecule has 0 saturated heterocycles. The molecule has 1 unspecified atom stereocenters. The minimum absolute atomic E-state index is 0.0759. The smallest absolute Gasteiger partial charge is 0.255 e. The zero-order valence-corrected chi connectivity index (χ0v) is 22.1. The first-order chi connectivity index (χ1) is 18.6. The molecule has 4 aromatic carbocycles. The second-order valence-corrected chi connectivity index (χ2v) is 9.87. The summed E-state index contributed by atoms with van der Waals surface area (Å²) in [6, 6.07) is 29.9. The van der Waals surface area contributed by atoms with E-state index >= 15 is 0 Å². The Morgan fingerprint density at radius 1 is 0.737 bits per heavy atom. The summed E-state index contributed by atoms with van der Waals surface area (Å²) >= 11 is 0. The molecular formula is C34H34N2O2. The Labute approximate surface area is 225 Å². The summed E-state index contributed by atoms with van der Waals surface area (Å²) in [4.78, 5) is 26.1. The van der Waals surface area contributed by atoms with E-state index in [4.69, 9.17) is 0 Å². The molecule has 1 aliphatic carbocycles. The molecule has 5 rings (SSSR count). The minimum atomic E-state index is -0.302. The normalized spacial score (nSPS) is 13.5. The first kappa shape index (κ1) is 25.5. The molecule has 1 atom stereocenters. The molecule has 0 fully saturated rings. The average Bonchev–Trinajstić information content (AvgIpc) is 3.30. The van der Waals surface area contributed by atoms with Crippen molar-refractivity contribution in [3.8, 4) is 22.3 Å². The molecule has 0 aromatic heterocycles. The molecule has 0 saturated carbocycles. The van der Waals surface area contributed by atoms with E-state index in [1.807, 2.05) is 36.4 Å². The van der Waals surface area contributed by atoms with Gasteiger partial charge < -0.3 is 10.6 Å². The van der Waals surface area contributed by atoms with Crippen LogP contribution in [0.25, 0.3) is 22.3 Å². The van der Waals surface area contributed by atoms with E-state index in [2.05, 4.69) is 66.9 Å². The second kappa shape index (κ2) is 11.5. The molecule has 2 amide bonds. The number of carbonyl (C=O) groups excluding carboxylic acids is 2. The fraction of sp³-hybridized carbons (Fsp3) is 0.235. The van der Waals surface area contributed by atoms with Gasteiger partial charge in [0.1, 0.15) is 0 Å². The summed E-state index contributed by atoms with van der Waals surface area (Å²) in [7, 11) is 0. The fourth-order valence-electron chi connectivity index (χ4n) is 5.42. The maximum absolute atomic E-state index is 13.5. The Hall–Kier alpha value is -4.18. The Morgan fingerprint density at radius 3 is 2.18 bits per heavy atom. The summed E-state index contributed by atoms with van der Waals surface area (Å²) in [6.07, 6.45) is 3.94. The zero-order valence-electron chi connectivity index (χ0n) is 22.1. The zero-order chi connectivity index (χ0) is 26.5. The molecule has 38 heavy (non-hydrogen) atoms. The lowest BCUT2D eigenvalue weighted by Gasteiger charge is -2.20. The van der Waals surface area contributed by atoms with Gasteiger partial charge in [-0.25, -0.2) is 0 Å². The summed E-state index contributed by atoms with van der Waals surface area (Å²) in [6.45, 7) is 4.95. The third kappa shape index (κ3) is 4.99. The van der Waals surface area contributed by atoms with Crippen LogP contribution in [0.5, 0.6) is 0 Å². The van der Waals surface area contributed by atoms with Crippen LogP contribution < -0.4 is 10.6 Å². The SMILES string of the molecule is CCCCc1c(-c2ccc(NC(=O)c3ccccc3)cc2)ccc2c1C(C(=O)NCCC)c1ccccc1-2. The number of hydrogen-bond donors (Lipinski definition) is 2. The van der Waals surface area contributed by atoms with Crippen LogP contribution in [0.15, 0.2) is 91.0 Å². The number of nitrogens with one attached hydrogen (secondary N) is 2. The van der Waals surface area contributed by atoms with E-state index in [0.717, 1.165) is 59.2 Å². The predicted octanol–water partition coefficient (Wildman–Crippen LogP) is 7.59. The van der Waals surface area contributed by atoms with Gasteiger partial charge in [0, 0.05) is 17.8 Å². The van der Waals surface area contributed by atoms with Crippen LogP contribution in [-0.4, -0.2) is 18.4 Å². The van der Waals surface area contributed by atoms with Gasteiger partial charge in [0.15, 0.2) is 0 Å². The molecule has 0 spiro atoms. The molecule has 4 nitrogen and oxygen atoms in total. The largest absolute Gasteiger partial charge is 0.355 e. The van der Waals surface area contributed by atoms with Crippen molar-refractivity contribution in [3.05, 3.63) is 113 Å². The van der Waals surface area contributed by atoms with Gasteiger partial charge in [0.2, 0.25) is 5.91 Å². The van der Waals surface area contributed by atoms with Crippen LogP contribution in [0.1, 0.15) is 66.1 Å². The second-order valence-electron chi connectivity index (χ2n) is 9.87. The van der Waals surface area contributed by atoms with Gasteiger partial charge in [0.05, 0.1) is 5.92 Å². The van der Waals surface area contributed by atoms with Crippen molar-refractivity contribution in [1.29, 1.82) is 0 Å². The van der Waals surface area contributed by atoms with Crippen molar-refractivity contribution in [1.82, 2.24) is 5.32 Å². The first-order valence-corrected chi connectivity index (χ1v) is 13.6. The molecule has 0 radical (unpaired) electrons. The highest BCUT2D eigenvalue weighted by molar-refractivity contribution is 6.04. The maximum Gasteiger partial charge on any atom is 0.255 e. The number of carbonyl (C=O) groups is 2. The summed E-state index contributed by atoms with van der Waals surface area (Å²) in [5.41, 5.74) is 9.42. The molecule has 0 bridgehead atoms. The van der Waals surface area contributed by atoms with Crippen molar-refractivity contribution in [2.45, 2.75) is 45.4 Å². The lowest BCUT2D eigenvalue weighted by Crippen LogP contribution is -2.30. The highest BCUT2D eigenvalue weighted by Gasteiger charge is 2.36. The van der Waals surface area contributed by atoms with Gasteiger partial charge in [-0.15, -0.1) is 0 Å². The molecule has 192 valence electrons. The monoisotopic (exact) mass is 502 g/mol.